The summed E-state index contributed by atoms with van der Waals surface area (Å²) in [5.74, 6) is -5.60. The molecule has 6 atom stereocenters. The Morgan fingerprint density at radius 3 is 1.75 bits per heavy atom. The molecule has 0 saturated carbocycles. The SMILES string of the molecule is CCC(C)C(N)C(=O)NC(C(=O)NC(C(=O)NC(CCC(=O)O)C(=O)O)C(C)C)C(C)O. The van der Waals surface area contributed by atoms with E-state index in [1.807, 2.05) is 6.92 Å². The van der Waals surface area contributed by atoms with Crippen molar-refractivity contribution in [3.8, 4) is 0 Å². The van der Waals surface area contributed by atoms with Crippen LogP contribution in [0.3, 0.4) is 0 Å². The van der Waals surface area contributed by atoms with E-state index in [-0.39, 0.29) is 12.3 Å². The molecule has 0 rings (SSSR count). The van der Waals surface area contributed by atoms with Gasteiger partial charge in [0.2, 0.25) is 17.7 Å². The van der Waals surface area contributed by atoms with Crippen LogP contribution in [0.5, 0.6) is 0 Å². The largest absolute Gasteiger partial charge is 0.481 e. The van der Waals surface area contributed by atoms with Gasteiger partial charge >= 0.3 is 11.9 Å². The maximum atomic E-state index is 12.7. The molecule has 0 heterocycles. The van der Waals surface area contributed by atoms with Crippen molar-refractivity contribution in [1.82, 2.24) is 16.0 Å². The standard InChI is InChI=1S/C20H36N4O8/c1-6-10(4)14(21)17(28)24-16(11(5)25)19(30)23-15(9(2)3)18(29)22-12(20(31)32)7-8-13(26)27/h9-12,14-16,25H,6-8,21H2,1-5H3,(H,22,29)(H,23,30)(H,24,28)(H,26,27)(H,31,32). The summed E-state index contributed by atoms with van der Waals surface area (Å²) >= 11 is 0. The summed E-state index contributed by atoms with van der Waals surface area (Å²) in [5, 5.41) is 35.0. The van der Waals surface area contributed by atoms with Gasteiger partial charge in [0.25, 0.3) is 0 Å². The van der Waals surface area contributed by atoms with Crippen molar-refractivity contribution in [2.24, 2.45) is 17.6 Å². The topological polar surface area (TPSA) is 208 Å². The van der Waals surface area contributed by atoms with Crippen LogP contribution in [0.4, 0.5) is 0 Å². The number of carbonyl (C=O) groups is 5. The fourth-order valence-corrected chi connectivity index (χ4v) is 2.73. The highest BCUT2D eigenvalue weighted by molar-refractivity contribution is 5.94. The van der Waals surface area contributed by atoms with E-state index in [9.17, 15) is 34.2 Å². The summed E-state index contributed by atoms with van der Waals surface area (Å²) in [6, 6.07) is -4.95. The van der Waals surface area contributed by atoms with Gasteiger partial charge < -0.3 is 37.0 Å². The number of hydrogen-bond acceptors (Lipinski definition) is 7. The molecule has 0 aliphatic heterocycles. The molecule has 0 aromatic heterocycles. The number of nitrogens with two attached hydrogens (primary N) is 1. The van der Waals surface area contributed by atoms with Crippen LogP contribution < -0.4 is 21.7 Å². The van der Waals surface area contributed by atoms with Gasteiger partial charge in [-0.2, -0.15) is 0 Å². The van der Waals surface area contributed by atoms with Crippen LogP contribution in [-0.2, 0) is 24.0 Å². The molecule has 12 nitrogen and oxygen atoms in total. The third kappa shape index (κ3) is 9.60. The number of aliphatic carboxylic acids is 2. The lowest BCUT2D eigenvalue weighted by Crippen LogP contribution is -2.61. The Morgan fingerprint density at radius 2 is 1.34 bits per heavy atom. The lowest BCUT2D eigenvalue weighted by molar-refractivity contribution is -0.143. The Hall–Kier alpha value is -2.73. The normalized spacial score (nSPS) is 16.8. The van der Waals surface area contributed by atoms with Crippen LogP contribution in [-0.4, -0.2) is 75.3 Å². The average Bonchev–Trinajstić information content (AvgIpc) is 2.70. The van der Waals surface area contributed by atoms with Gasteiger partial charge in [-0.1, -0.05) is 34.1 Å². The van der Waals surface area contributed by atoms with Gasteiger partial charge in [-0.25, -0.2) is 4.79 Å². The highest BCUT2D eigenvalue weighted by Crippen LogP contribution is 2.08. The number of carboxylic acid groups (broad SMARTS) is 2. The van der Waals surface area contributed by atoms with Crippen molar-refractivity contribution >= 4 is 29.7 Å². The van der Waals surface area contributed by atoms with E-state index in [0.717, 1.165) is 0 Å². The van der Waals surface area contributed by atoms with Crippen molar-refractivity contribution < 1.29 is 39.3 Å². The zero-order valence-electron chi connectivity index (χ0n) is 19.1. The zero-order chi connectivity index (χ0) is 25.2. The van der Waals surface area contributed by atoms with Crippen molar-refractivity contribution in [2.45, 2.75) is 84.2 Å². The van der Waals surface area contributed by atoms with Crippen LogP contribution in [0.1, 0.15) is 53.9 Å². The Balaban J connectivity index is 5.38. The van der Waals surface area contributed by atoms with Crippen molar-refractivity contribution in [3.63, 3.8) is 0 Å². The molecule has 0 bridgehead atoms. The molecule has 0 aromatic carbocycles. The minimum absolute atomic E-state index is 0.166. The number of hydrogen-bond donors (Lipinski definition) is 7. The highest BCUT2D eigenvalue weighted by atomic mass is 16.4. The van der Waals surface area contributed by atoms with Gasteiger partial charge in [-0.15, -0.1) is 0 Å². The molecular weight excluding hydrogens is 424 g/mol. The molecular formula is C20H36N4O8. The molecule has 6 unspecified atom stereocenters. The van der Waals surface area contributed by atoms with Gasteiger partial charge in [0, 0.05) is 6.42 Å². The molecule has 3 amide bonds. The number of aliphatic hydroxyl groups excluding tert-OH is 1. The predicted octanol–water partition coefficient (Wildman–Crippen LogP) is -1.20. The first-order valence-electron chi connectivity index (χ1n) is 10.5. The van der Waals surface area contributed by atoms with E-state index in [1.54, 1.807) is 20.8 Å². The van der Waals surface area contributed by atoms with Crippen LogP contribution in [0.25, 0.3) is 0 Å². The van der Waals surface area contributed by atoms with E-state index in [2.05, 4.69) is 16.0 Å². The Bertz CT molecular complexity index is 683. The minimum Gasteiger partial charge on any atom is -0.481 e. The van der Waals surface area contributed by atoms with Gasteiger partial charge in [-0.05, 0) is 25.2 Å². The third-order valence-corrected chi connectivity index (χ3v) is 5.13. The number of nitrogens with one attached hydrogen (secondary N) is 3. The maximum Gasteiger partial charge on any atom is 0.326 e. The van der Waals surface area contributed by atoms with E-state index >= 15 is 0 Å². The van der Waals surface area contributed by atoms with Crippen LogP contribution in [0.15, 0.2) is 0 Å². The second kappa shape index (κ2) is 13.6. The summed E-state index contributed by atoms with van der Waals surface area (Å²) in [5.41, 5.74) is 5.86. The molecule has 0 fully saturated rings. The summed E-state index contributed by atoms with van der Waals surface area (Å²) in [6.45, 7) is 8.11. The van der Waals surface area contributed by atoms with Gasteiger partial charge in [0.15, 0.2) is 0 Å². The van der Waals surface area contributed by atoms with Crippen molar-refractivity contribution in [2.75, 3.05) is 0 Å². The second-order valence-corrected chi connectivity index (χ2v) is 8.20. The summed E-state index contributed by atoms with van der Waals surface area (Å²) in [6.07, 6.45) is -1.49. The fourth-order valence-electron chi connectivity index (χ4n) is 2.73. The van der Waals surface area contributed by atoms with E-state index in [4.69, 9.17) is 10.8 Å². The number of carbonyl (C=O) groups excluding carboxylic acids is 3. The zero-order valence-corrected chi connectivity index (χ0v) is 19.1. The molecule has 0 aliphatic carbocycles. The minimum atomic E-state index is -1.46. The molecule has 0 aromatic rings. The van der Waals surface area contributed by atoms with E-state index in [0.29, 0.717) is 6.42 Å². The maximum absolute atomic E-state index is 12.7. The lowest BCUT2D eigenvalue weighted by Gasteiger charge is -2.28. The first kappa shape index (κ1) is 29.3. The smallest absolute Gasteiger partial charge is 0.326 e. The number of carboxylic acids is 2. The van der Waals surface area contributed by atoms with E-state index in [1.165, 1.54) is 6.92 Å². The van der Waals surface area contributed by atoms with Crippen molar-refractivity contribution in [1.29, 1.82) is 0 Å². The molecule has 0 spiro atoms. The van der Waals surface area contributed by atoms with Crippen LogP contribution in [0.2, 0.25) is 0 Å². The number of amides is 3. The third-order valence-electron chi connectivity index (χ3n) is 5.13. The number of aliphatic hydroxyl groups is 1. The first-order valence-corrected chi connectivity index (χ1v) is 10.5. The first-order chi connectivity index (χ1) is 14.7. The van der Waals surface area contributed by atoms with Crippen molar-refractivity contribution in [3.05, 3.63) is 0 Å². The van der Waals surface area contributed by atoms with Gasteiger partial charge in [0.1, 0.15) is 18.1 Å². The summed E-state index contributed by atoms with van der Waals surface area (Å²) in [4.78, 5) is 59.7. The predicted molar refractivity (Wildman–Crippen MR) is 114 cm³/mol. The van der Waals surface area contributed by atoms with Crippen LogP contribution in [0, 0.1) is 11.8 Å². The molecule has 0 radical (unpaired) electrons. The molecule has 0 aliphatic rings. The van der Waals surface area contributed by atoms with Gasteiger partial charge in [0.05, 0.1) is 12.1 Å². The average molecular weight is 461 g/mol. The molecule has 12 heteroatoms. The Labute approximate surface area is 187 Å². The summed E-state index contributed by atoms with van der Waals surface area (Å²) < 4.78 is 0. The Morgan fingerprint density at radius 1 is 0.844 bits per heavy atom. The molecule has 8 N–H and O–H groups in total. The van der Waals surface area contributed by atoms with Gasteiger partial charge in [-0.3, -0.25) is 19.2 Å². The Kier molecular flexibility index (Phi) is 12.5. The highest BCUT2D eigenvalue weighted by Gasteiger charge is 2.34. The number of rotatable bonds is 14. The molecule has 32 heavy (non-hydrogen) atoms. The van der Waals surface area contributed by atoms with E-state index < -0.39 is 72.3 Å². The molecule has 184 valence electrons. The lowest BCUT2D eigenvalue weighted by atomic mass is 9.98. The molecule has 0 saturated heterocycles. The fraction of sp³-hybridized carbons (Fsp3) is 0.750. The monoisotopic (exact) mass is 460 g/mol. The van der Waals surface area contributed by atoms with Crippen LogP contribution >= 0.6 is 0 Å². The summed E-state index contributed by atoms with van der Waals surface area (Å²) in [7, 11) is 0. The second-order valence-electron chi connectivity index (χ2n) is 8.20. The quantitative estimate of drug-likeness (QED) is 0.166.